The van der Waals surface area contributed by atoms with Gasteiger partial charge in [-0.2, -0.15) is 0 Å². The molecule has 60 valence electrons. The van der Waals surface area contributed by atoms with Crippen LogP contribution in [0, 0.1) is 0 Å². The Hall–Kier alpha value is -0.570. The van der Waals surface area contributed by atoms with Gasteiger partial charge in [-0.05, 0) is 12.8 Å². The third kappa shape index (κ3) is 2.82. The summed E-state index contributed by atoms with van der Waals surface area (Å²) >= 11 is 0. The molecule has 0 aliphatic carbocycles. The molecule has 3 nitrogen and oxygen atoms in total. The number of aliphatic hydroxyl groups is 1. The van der Waals surface area contributed by atoms with Crippen molar-refractivity contribution in [2.45, 2.75) is 32.3 Å². The highest BCUT2D eigenvalue weighted by atomic mass is 16.3. The van der Waals surface area contributed by atoms with Gasteiger partial charge in [-0.25, -0.2) is 0 Å². The van der Waals surface area contributed by atoms with E-state index < -0.39 is 5.60 Å². The van der Waals surface area contributed by atoms with Crippen LogP contribution in [0.5, 0.6) is 0 Å². The summed E-state index contributed by atoms with van der Waals surface area (Å²) in [4.78, 5) is 9.86. The van der Waals surface area contributed by atoms with Gasteiger partial charge in [-0.3, -0.25) is 4.79 Å². The van der Waals surface area contributed by atoms with Gasteiger partial charge < -0.3 is 10.4 Å². The first-order valence-corrected chi connectivity index (χ1v) is 3.58. The molecule has 10 heavy (non-hydrogen) atoms. The number of rotatable bonds is 5. The van der Waals surface area contributed by atoms with Crippen molar-refractivity contribution in [2.24, 2.45) is 0 Å². The molecule has 1 amide bonds. The van der Waals surface area contributed by atoms with E-state index in [0.717, 1.165) is 0 Å². The van der Waals surface area contributed by atoms with E-state index >= 15 is 0 Å². The minimum Gasteiger partial charge on any atom is -0.388 e. The number of carbonyl (C=O) groups is 1. The minimum absolute atomic E-state index is 0.351. The fourth-order valence-electron chi connectivity index (χ4n) is 0.732. The number of hydrogen-bond donors (Lipinski definition) is 2. The highest BCUT2D eigenvalue weighted by Gasteiger charge is 2.20. The summed E-state index contributed by atoms with van der Waals surface area (Å²) in [6, 6.07) is 0. The van der Waals surface area contributed by atoms with Crippen LogP contribution in [0.15, 0.2) is 0 Å². The topological polar surface area (TPSA) is 49.3 Å². The molecule has 0 heterocycles. The maximum absolute atomic E-state index is 9.86. The van der Waals surface area contributed by atoms with E-state index in [9.17, 15) is 9.90 Å². The summed E-state index contributed by atoms with van der Waals surface area (Å²) < 4.78 is 0. The first-order chi connectivity index (χ1) is 4.68. The van der Waals surface area contributed by atoms with Crippen molar-refractivity contribution in [2.75, 3.05) is 6.54 Å². The van der Waals surface area contributed by atoms with Crippen LogP contribution in [0.3, 0.4) is 0 Å². The first-order valence-electron chi connectivity index (χ1n) is 3.58. The maximum Gasteiger partial charge on any atom is 0.207 e. The Balaban J connectivity index is 3.68. The van der Waals surface area contributed by atoms with Crippen molar-refractivity contribution in [3.63, 3.8) is 0 Å². The molecule has 2 N–H and O–H groups in total. The monoisotopic (exact) mass is 145 g/mol. The maximum atomic E-state index is 9.86. The van der Waals surface area contributed by atoms with Crippen LogP contribution >= 0.6 is 0 Å². The lowest BCUT2D eigenvalue weighted by Crippen LogP contribution is -2.38. The Bertz CT molecular complexity index is 99.8. The molecular formula is C7H15NO2. The molecule has 0 spiro atoms. The van der Waals surface area contributed by atoms with E-state index in [1.807, 2.05) is 13.8 Å². The number of carbonyl (C=O) groups excluding carboxylic acids is 1. The number of nitrogens with one attached hydrogen (secondary N) is 1. The van der Waals surface area contributed by atoms with Gasteiger partial charge in [0.1, 0.15) is 0 Å². The van der Waals surface area contributed by atoms with Gasteiger partial charge in [-0.15, -0.1) is 0 Å². The fourth-order valence-corrected chi connectivity index (χ4v) is 0.732. The molecule has 0 aliphatic heterocycles. The average molecular weight is 145 g/mol. The Morgan fingerprint density at radius 3 is 2.30 bits per heavy atom. The zero-order valence-corrected chi connectivity index (χ0v) is 6.55. The predicted octanol–water partition coefficient (Wildman–Crippen LogP) is 0.283. The Labute approximate surface area is 61.4 Å². The van der Waals surface area contributed by atoms with Crippen molar-refractivity contribution in [3.05, 3.63) is 0 Å². The molecule has 0 atom stereocenters. The van der Waals surface area contributed by atoms with Crippen LogP contribution in [-0.2, 0) is 4.79 Å². The minimum atomic E-state index is -0.707. The molecule has 0 radical (unpaired) electrons. The van der Waals surface area contributed by atoms with Gasteiger partial charge in [0.05, 0.1) is 5.60 Å². The lowest BCUT2D eigenvalue weighted by molar-refractivity contribution is -0.110. The van der Waals surface area contributed by atoms with Crippen LogP contribution in [0.4, 0.5) is 0 Å². The predicted molar refractivity (Wildman–Crippen MR) is 39.6 cm³/mol. The number of hydrogen-bond acceptors (Lipinski definition) is 2. The van der Waals surface area contributed by atoms with Crippen LogP contribution in [0.1, 0.15) is 26.7 Å². The van der Waals surface area contributed by atoms with Crippen LogP contribution in [0.25, 0.3) is 0 Å². The van der Waals surface area contributed by atoms with Crippen molar-refractivity contribution >= 4 is 6.41 Å². The van der Waals surface area contributed by atoms with E-state index in [-0.39, 0.29) is 0 Å². The molecule has 0 rings (SSSR count). The summed E-state index contributed by atoms with van der Waals surface area (Å²) in [5, 5.41) is 12.0. The van der Waals surface area contributed by atoms with Crippen molar-refractivity contribution < 1.29 is 9.90 Å². The zero-order chi connectivity index (χ0) is 8.04. The Morgan fingerprint density at radius 2 is 2.00 bits per heavy atom. The van der Waals surface area contributed by atoms with Crippen molar-refractivity contribution in [3.8, 4) is 0 Å². The highest BCUT2D eigenvalue weighted by molar-refractivity contribution is 5.46. The van der Waals surface area contributed by atoms with Crippen LogP contribution in [-0.4, -0.2) is 23.7 Å². The lowest BCUT2D eigenvalue weighted by Gasteiger charge is -2.23. The van der Waals surface area contributed by atoms with Gasteiger partial charge in [-0.1, -0.05) is 13.8 Å². The van der Waals surface area contributed by atoms with E-state index in [0.29, 0.717) is 25.8 Å². The van der Waals surface area contributed by atoms with E-state index in [4.69, 9.17) is 0 Å². The molecule has 0 bridgehead atoms. The summed E-state index contributed by atoms with van der Waals surface area (Å²) in [5.74, 6) is 0. The SMILES string of the molecule is CCC(O)(CC)CNC=O. The molecule has 3 heteroatoms. The Kier molecular flexibility index (Phi) is 4.03. The molecule has 0 aliphatic rings. The summed E-state index contributed by atoms with van der Waals surface area (Å²) in [6.45, 7) is 4.15. The second-order valence-corrected chi connectivity index (χ2v) is 2.43. The van der Waals surface area contributed by atoms with Gasteiger partial charge in [0, 0.05) is 6.54 Å². The van der Waals surface area contributed by atoms with Gasteiger partial charge >= 0.3 is 0 Å². The van der Waals surface area contributed by atoms with E-state index in [2.05, 4.69) is 5.32 Å². The standard InChI is InChI=1S/C7H15NO2/c1-3-7(10,4-2)5-8-6-9/h6,10H,3-5H2,1-2H3,(H,8,9). The molecule has 0 aromatic heterocycles. The van der Waals surface area contributed by atoms with Crippen LogP contribution in [0.2, 0.25) is 0 Å². The van der Waals surface area contributed by atoms with Crippen molar-refractivity contribution in [1.82, 2.24) is 5.32 Å². The van der Waals surface area contributed by atoms with Crippen molar-refractivity contribution in [1.29, 1.82) is 0 Å². The third-order valence-corrected chi connectivity index (χ3v) is 1.83. The second kappa shape index (κ2) is 4.28. The molecular weight excluding hydrogens is 130 g/mol. The Morgan fingerprint density at radius 1 is 1.50 bits per heavy atom. The van der Waals surface area contributed by atoms with Gasteiger partial charge in [0.15, 0.2) is 0 Å². The van der Waals surface area contributed by atoms with E-state index in [1.54, 1.807) is 0 Å². The lowest BCUT2D eigenvalue weighted by atomic mass is 9.98. The molecule has 0 aromatic rings. The first kappa shape index (κ1) is 9.43. The van der Waals surface area contributed by atoms with Gasteiger partial charge in [0.25, 0.3) is 0 Å². The molecule has 0 saturated heterocycles. The molecule has 0 saturated carbocycles. The van der Waals surface area contributed by atoms with Crippen LogP contribution < -0.4 is 5.32 Å². The normalized spacial score (nSPS) is 11.1. The molecule has 0 aromatic carbocycles. The summed E-state index contributed by atoms with van der Waals surface area (Å²) in [7, 11) is 0. The highest BCUT2D eigenvalue weighted by Crippen LogP contribution is 2.12. The average Bonchev–Trinajstić information content (AvgIpc) is 2.00. The van der Waals surface area contributed by atoms with Gasteiger partial charge in [0.2, 0.25) is 6.41 Å². The fraction of sp³-hybridized carbons (Fsp3) is 0.857. The smallest absolute Gasteiger partial charge is 0.207 e. The van der Waals surface area contributed by atoms with E-state index in [1.165, 1.54) is 0 Å². The molecule has 0 unspecified atom stereocenters. The largest absolute Gasteiger partial charge is 0.388 e. The quantitative estimate of drug-likeness (QED) is 0.546. The second-order valence-electron chi connectivity index (χ2n) is 2.43. The molecule has 0 fully saturated rings. The zero-order valence-electron chi connectivity index (χ0n) is 6.55. The number of amides is 1. The summed E-state index contributed by atoms with van der Waals surface area (Å²) in [6.07, 6.45) is 1.95. The third-order valence-electron chi connectivity index (χ3n) is 1.83. The summed E-state index contributed by atoms with van der Waals surface area (Å²) in [5.41, 5.74) is -0.707.